The van der Waals surface area contributed by atoms with E-state index in [4.69, 9.17) is 0 Å². The number of aromatic nitrogens is 3. The summed E-state index contributed by atoms with van der Waals surface area (Å²) in [6.07, 6.45) is 2.95. The molecule has 1 N–H and O–H groups in total. The lowest BCUT2D eigenvalue weighted by Crippen LogP contribution is -2.17. The molecule has 0 atom stereocenters. The molecule has 0 bridgehead atoms. The van der Waals surface area contributed by atoms with Gasteiger partial charge in [0, 0.05) is 6.54 Å². The lowest BCUT2D eigenvalue weighted by molar-refractivity contribution is 0.640. The van der Waals surface area contributed by atoms with Gasteiger partial charge in [0.15, 0.2) is 0 Å². The molecule has 2 aromatic rings. The Labute approximate surface area is 108 Å². The van der Waals surface area contributed by atoms with Gasteiger partial charge in [0.2, 0.25) is 0 Å². The van der Waals surface area contributed by atoms with Gasteiger partial charge in [-0.15, -0.1) is 5.10 Å². The third-order valence-corrected chi connectivity index (χ3v) is 3.16. The summed E-state index contributed by atoms with van der Waals surface area (Å²) in [4.78, 5) is 0. The molecule has 4 nitrogen and oxygen atoms in total. The molecule has 0 aliphatic rings. The van der Waals surface area contributed by atoms with Crippen molar-refractivity contribution in [2.45, 2.75) is 33.7 Å². The van der Waals surface area contributed by atoms with Crippen LogP contribution in [0.15, 0.2) is 24.4 Å². The second-order valence-electron chi connectivity index (χ2n) is 4.53. The highest BCUT2D eigenvalue weighted by Gasteiger charge is 2.09. The van der Waals surface area contributed by atoms with E-state index in [0.717, 1.165) is 30.9 Å². The Morgan fingerprint density at radius 2 is 2.11 bits per heavy atom. The van der Waals surface area contributed by atoms with Crippen molar-refractivity contribution in [2.24, 2.45) is 0 Å². The van der Waals surface area contributed by atoms with E-state index < -0.39 is 0 Å². The largest absolute Gasteiger partial charge is 0.311 e. The summed E-state index contributed by atoms with van der Waals surface area (Å²) in [5.41, 5.74) is 4.73. The Hall–Kier alpha value is -1.68. The van der Waals surface area contributed by atoms with E-state index in [9.17, 15) is 0 Å². The molecule has 1 aromatic carbocycles. The topological polar surface area (TPSA) is 42.7 Å². The van der Waals surface area contributed by atoms with Crippen molar-refractivity contribution in [3.8, 4) is 5.69 Å². The minimum Gasteiger partial charge on any atom is -0.311 e. The molecule has 96 valence electrons. The minimum atomic E-state index is 0.800. The summed E-state index contributed by atoms with van der Waals surface area (Å²) >= 11 is 0. The fraction of sp³-hybridized carbons (Fsp3) is 0.429. The predicted molar refractivity (Wildman–Crippen MR) is 72.8 cm³/mol. The first-order chi connectivity index (χ1) is 8.74. The summed E-state index contributed by atoms with van der Waals surface area (Å²) in [5.74, 6) is 0. The lowest BCUT2D eigenvalue weighted by Gasteiger charge is -2.11. The number of nitrogens with zero attached hydrogens (tertiary/aromatic N) is 3. The molecule has 0 unspecified atom stereocenters. The maximum atomic E-state index is 4.19. The molecule has 0 amide bonds. The van der Waals surface area contributed by atoms with Crippen LogP contribution in [0.25, 0.3) is 5.69 Å². The van der Waals surface area contributed by atoms with Gasteiger partial charge in [0.25, 0.3) is 0 Å². The molecule has 0 aliphatic carbocycles. The first-order valence-electron chi connectivity index (χ1n) is 6.41. The molecule has 0 saturated carbocycles. The van der Waals surface area contributed by atoms with Crippen LogP contribution in [0.5, 0.6) is 0 Å². The van der Waals surface area contributed by atoms with Crippen LogP contribution < -0.4 is 5.32 Å². The van der Waals surface area contributed by atoms with E-state index in [1.54, 1.807) is 0 Å². The van der Waals surface area contributed by atoms with Gasteiger partial charge in [0.05, 0.1) is 17.6 Å². The molecular formula is C14H20N4. The van der Waals surface area contributed by atoms with Crippen LogP contribution in [-0.4, -0.2) is 21.5 Å². The normalized spacial score (nSPS) is 10.8. The second kappa shape index (κ2) is 5.78. The van der Waals surface area contributed by atoms with Crippen molar-refractivity contribution < 1.29 is 0 Å². The molecule has 2 rings (SSSR count). The van der Waals surface area contributed by atoms with Crippen LogP contribution in [-0.2, 0) is 6.54 Å². The van der Waals surface area contributed by atoms with Gasteiger partial charge in [-0.05, 0) is 44.0 Å². The highest BCUT2D eigenvalue weighted by atomic mass is 15.4. The van der Waals surface area contributed by atoms with Crippen LogP contribution in [0.3, 0.4) is 0 Å². The number of benzene rings is 1. The van der Waals surface area contributed by atoms with Crippen molar-refractivity contribution in [3.05, 3.63) is 41.2 Å². The Kier molecular flexibility index (Phi) is 4.10. The Bertz CT molecular complexity index is 516. The maximum Gasteiger partial charge on any atom is 0.0783 e. The van der Waals surface area contributed by atoms with Crippen molar-refractivity contribution >= 4 is 0 Å². The lowest BCUT2D eigenvalue weighted by atomic mass is 10.1. The highest BCUT2D eigenvalue weighted by molar-refractivity contribution is 5.44. The summed E-state index contributed by atoms with van der Waals surface area (Å²) < 4.78 is 1.92. The van der Waals surface area contributed by atoms with Gasteiger partial charge >= 0.3 is 0 Å². The first kappa shape index (κ1) is 12.8. The standard InChI is InChI=1S/C14H20N4/c1-4-8-15-9-13-10-16-17-18(13)14-7-5-6-11(2)12(14)3/h5-7,10,15H,4,8-9H2,1-3H3. The minimum absolute atomic E-state index is 0.800. The van der Waals surface area contributed by atoms with E-state index in [1.165, 1.54) is 11.1 Å². The van der Waals surface area contributed by atoms with Crippen LogP contribution >= 0.6 is 0 Å². The average Bonchev–Trinajstić information content (AvgIpc) is 2.81. The van der Waals surface area contributed by atoms with Crippen molar-refractivity contribution in [1.29, 1.82) is 0 Å². The van der Waals surface area contributed by atoms with Gasteiger partial charge in [-0.2, -0.15) is 0 Å². The molecule has 0 radical (unpaired) electrons. The Balaban J connectivity index is 2.28. The highest BCUT2D eigenvalue weighted by Crippen LogP contribution is 2.17. The van der Waals surface area contributed by atoms with E-state index in [1.807, 2.05) is 10.9 Å². The third-order valence-electron chi connectivity index (χ3n) is 3.16. The predicted octanol–water partition coefficient (Wildman–Crippen LogP) is 2.38. The summed E-state index contributed by atoms with van der Waals surface area (Å²) in [6.45, 7) is 8.21. The van der Waals surface area contributed by atoms with Crippen molar-refractivity contribution in [2.75, 3.05) is 6.54 Å². The molecule has 0 fully saturated rings. The van der Waals surface area contributed by atoms with Crippen LogP contribution in [0.2, 0.25) is 0 Å². The van der Waals surface area contributed by atoms with E-state index in [2.05, 4.69) is 54.6 Å². The Morgan fingerprint density at radius 1 is 1.28 bits per heavy atom. The quantitative estimate of drug-likeness (QED) is 0.821. The molecular weight excluding hydrogens is 224 g/mol. The number of nitrogens with one attached hydrogen (secondary N) is 1. The summed E-state index contributed by atoms with van der Waals surface area (Å²) in [6, 6.07) is 6.26. The van der Waals surface area contributed by atoms with Gasteiger partial charge < -0.3 is 5.32 Å². The SMILES string of the molecule is CCCNCc1cnnn1-c1cccc(C)c1C. The van der Waals surface area contributed by atoms with Crippen LogP contribution in [0.1, 0.15) is 30.2 Å². The van der Waals surface area contributed by atoms with E-state index in [0.29, 0.717) is 0 Å². The van der Waals surface area contributed by atoms with Crippen molar-refractivity contribution in [1.82, 2.24) is 20.3 Å². The zero-order valence-electron chi connectivity index (χ0n) is 11.3. The Morgan fingerprint density at radius 3 is 2.89 bits per heavy atom. The average molecular weight is 244 g/mol. The second-order valence-corrected chi connectivity index (χ2v) is 4.53. The number of rotatable bonds is 5. The van der Waals surface area contributed by atoms with E-state index >= 15 is 0 Å². The van der Waals surface area contributed by atoms with Crippen molar-refractivity contribution in [3.63, 3.8) is 0 Å². The van der Waals surface area contributed by atoms with E-state index in [-0.39, 0.29) is 0 Å². The molecule has 0 saturated heterocycles. The smallest absolute Gasteiger partial charge is 0.0783 e. The van der Waals surface area contributed by atoms with Gasteiger partial charge in [-0.25, -0.2) is 4.68 Å². The van der Waals surface area contributed by atoms with Gasteiger partial charge in [-0.1, -0.05) is 24.3 Å². The number of hydrogen-bond acceptors (Lipinski definition) is 3. The monoisotopic (exact) mass is 244 g/mol. The molecule has 18 heavy (non-hydrogen) atoms. The van der Waals surface area contributed by atoms with Gasteiger partial charge in [-0.3, -0.25) is 0 Å². The third kappa shape index (κ3) is 2.59. The molecule has 4 heteroatoms. The maximum absolute atomic E-state index is 4.19. The van der Waals surface area contributed by atoms with Crippen LogP contribution in [0.4, 0.5) is 0 Å². The zero-order valence-corrected chi connectivity index (χ0v) is 11.3. The molecule has 1 aromatic heterocycles. The summed E-state index contributed by atoms with van der Waals surface area (Å²) in [7, 11) is 0. The fourth-order valence-electron chi connectivity index (χ4n) is 1.94. The molecule has 0 aliphatic heterocycles. The fourth-order valence-corrected chi connectivity index (χ4v) is 1.94. The van der Waals surface area contributed by atoms with Crippen LogP contribution in [0, 0.1) is 13.8 Å². The number of aryl methyl sites for hydroxylation is 1. The molecule has 0 spiro atoms. The zero-order chi connectivity index (χ0) is 13.0. The molecule has 1 heterocycles. The van der Waals surface area contributed by atoms with Gasteiger partial charge in [0.1, 0.15) is 0 Å². The number of hydrogen-bond donors (Lipinski definition) is 1. The summed E-state index contributed by atoms with van der Waals surface area (Å²) in [5, 5.41) is 11.6. The first-order valence-corrected chi connectivity index (χ1v) is 6.41.